The van der Waals surface area contributed by atoms with Crippen molar-refractivity contribution in [2.24, 2.45) is 0 Å². The Morgan fingerprint density at radius 3 is 2.43 bits per heavy atom. The average molecular weight is 451 g/mol. The zero-order valence-corrected chi connectivity index (χ0v) is 19.0. The van der Waals surface area contributed by atoms with E-state index < -0.39 is 6.04 Å². The van der Waals surface area contributed by atoms with Gasteiger partial charge in [0.15, 0.2) is 6.61 Å². The summed E-state index contributed by atoms with van der Waals surface area (Å²) in [6.07, 6.45) is 1.27. The summed E-state index contributed by atoms with van der Waals surface area (Å²) in [5.74, 6) is 0.00158. The van der Waals surface area contributed by atoms with E-state index in [1.165, 1.54) is 4.90 Å². The molecule has 0 unspecified atom stereocenters. The van der Waals surface area contributed by atoms with Gasteiger partial charge in [0.2, 0.25) is 5.91 Å². The normalized spacial score (nSPS) is 12.7. The zero-order valence-electron chi connectivity index (χ0n) is 17.5. The molecule has 2 aromatic rings. The van der Waals surface area contributed by atoms with E-state index in [9.17, 15) is 9.59 Å². The number of hydrogen-bond donors (Lipinski definition) is 1. The van der Waals surface area contributed by atoms with E-state index in [1.54, 1.807) is 30.3 Å². The molecule has 2 aromatic carbocycles. The summed E-state index contributed by atoms with van der Waals surface area (Å²) in [6.45, 7) is 5.82. The second kappa shape index (κ2) is 11.8. The molecule has 0 saturated heterocycles. The second-order valence-corrected chi connectivity index (χ2v) is 7.94. The van der Waals surface area contributed by atoms with Crippen LogP contribution >= 0.6 is 23.2 Å². The molecule has 0 spiro atoms. The molecule has 2 atom stereocenters. The van der Waals surface area contributed by atoms with Crippen LogP contribution in [0.4, 0.5) is 0 Å². The number of nitrogens with one attached hydrogen (secondary N) is 1. The van der Waals surface area contributed by atoms with E-state index >= 15 is 0 Å². The first-order chi connectivity index (χ1) is 14.3. The minimum Gasteiger partial charge on any atom is -0.484 e. The van der Waals surface area contributed by atoms with Crippen molar-refractivity contribution in [2.75, 3.05) is 6.61 Å². The van der Waals surface area contributed by atoms with E-state index in [4.69, 9.17) is 27.9 Å². The molecule has 1 N–H and O–H groups in total. The van der Waals surface area contributed by atoms with Crippen molar-refractivity contribution >= 4 is 35.0 Å². The van der Waals surface area contributed by atoms with E-state index in [1.807, 2.05) is 39.0 Å². The number of amides is 2. The molecule has 0 radical (unpaired) electrons. The highest BCUT2D eigenvalue weighted by atomic mass is 35.5. The number of carbonyl (C=O) groups excluding carboxylic acids is 2. The molecule has 162 valence electrons. The molecular formula is C23H28Cl2N2O3. The van der Waals surface area contributed by atoms with Crippen LogP contribution in [0, 0.1) is 0 Å². The summed E-state index contributed by atoms with van der Waals surface area (Å²) in [5, 5.41) is 4.04. The van der Waals surface area contributed by atoms with Gasteiger partial charge in [0.05, 0.1) is 0 Å². The van der Waals surface area contributed by atoms with Gasteiger partial charge in [-0.15, -0.1) is 0 Å². The Bertz CT molecular complexity index is 860. The van der Waals surface area contributed by atoms with Gasteiger partial charge in [-0.05, 0) is 49.6 Å². The lowest BCUT2D eigenvalue weighted by Crippen LogP contribution is -2.51. The zero-order chi connectivity index (χ0) is 22.1. The molecule has 0 heterocycles. The van der Waals surface area contributed by atoms with Crippen molar-refractivity contribution in [3.05, 3.63) is 64.1 Å². The summed E-state index contributed by atoms with van der Waals surface area (Å²) in [7, 11) is 0. The molecule has 0 saturated carbocycles. The standard InChI is InChI=1S/C23H28Cl2N2O3/c1-4-16(3)26-23(29)21(5-2)27(14-17-9-6-7-12-20(17)25)22(28)15-30-19-11-8-10-18(24)13-19/h6-13,16,21H,4-5,14-15H2,1-3H3,(H,26,29)/t16-,21-/m0/s1. The summed E-state index contributed by atoms with van der Waals surface area (Å²) < 4.78 is 5.63. The van der Waals surface area contributed by atoms with Gasteiger partial charge in [-0.3, -0.25) is 9.59 Å². The van der Waals surface area contributed by atoms with E-state index in [-0.39, 0.29) is 31.0 Å². The fraction of sp³-hybridized carbons (Fsp3) is 0.391. The van der Waals surface area contributed by atoms with E-state index in [2.05, 4.69) is 5.32 Å². The van der Waals surface area contributed by atoms with Gasteiger partial charge in [0.25, 0.3) is 5.91 Å². The van der Waals surface area contributed by atoms with Crippen LogP contribution in [0.5, 0.6) is 5.75 Å². The maximum Gasteiger partial charge on any atom is 0.261 e. The molecule has 0 aliphatic carbocycles. The largest absolute Gasteiger partial charge is 0.484 e. The number of carbonyl (C=O) groups is 2. The van der Waals surface area contributed by atoms with Crippen molar-refractivity contribution in [3.8, 4) is 5.75 Å². The molecule has 2 amide bonds. The third-order valence-electron chi connectivity index (χ3n) is 4.84. The van der Waals surface area contributed by atoms with Crippen LogP contribution in [-0.4, -0.2) is 35.4 Å². The first-order valence-corrected chi connectivity index (χ1v) is 10.8. The van der Waals surface area contributed by atoms with Crippen molar-refractivity contribution in [1.82, 2.24) is 10.2 Å². The van der Waals surface area contributed by atoms with Gasteiger partial charge in [-0.1, -0.05) is 61.3 Å². The Balaban J connectivity index is 2.23. The van der Waals surface area contributed by atoms with Crippen molar-refractivity contribution in [1.29, 1.82) is 0 Å². The highest BCUT2D eigenvalue weighted by Gasteiger charge is 2.30. The number of rotatable bonds is 10. The fourth-order valence-corrected chi connectivity index (χ4v) is 3.33. The number of benzene rings is 2. The van der Waals surface area contributed by atoms with Crippen LogP contribution in [0.25, 0.3) is 0 Å². The lowest BCUT2D eigenvalue weighted by molar-refractivity contribution is -0.143. The second-order valence-electron chi connectivity index (χ2n) is 7.10. The van der Waals surface area contributed by atoms with E-state index in [0.29, 0.717) is 22.2 Å². The highest BCUT2D eigenvalue weighted by Crippen LogP contribution is 2.21. The third-order valence-corrected chi connectivity index (χ3v) is 5.45. The Hall–Kier alpha value is -2.24. The summed E-state index contributed by atoms with van der Waals surface area (Å²) in [5.41, 5.74) is 0.769. The summed E-state index contributed by atoms with van der Waals surface area (Å²) in [4.78, 5) is 27.5. The van der Waals surface area contributed by atoms with Crippen molar-refractivity contribution < 1.29 is 14.3 Å². The predicted molar refractivity (Wildman–Crippen MR) is 121 cm³/mol. The van der Waals surface area contributed by atoms with Crippen LogP contribution in [0.3, 0.4) is 0 Å². The van der Waals surface area contributed by atoms with Crippen LogP contribution in [0.1, 0.15) is 39.2 Å². The minimum atomic E-state index is -0.634. The quantitative estimate of drug-likeness (QED) is 0.547. The highest BCUT2D eigenvalue weighted by molar-refractivity contribution is 6.31. The van der Waals surface area contributed by atoms with E-state index in [0.717, 1.165) is 12.0 Å². The Labute approximate surface area is 188 Å². The smallest absolute Gasteiger partial charge is 0.261 e. The molecular weight excluding hydrogens is 423 g/mol. The number of nitrogens with zero attached hydrogens (tertiary/aromatic N) is 1. The number of halogens is 2. The van der Waals surface area contributed by atoms with Crippen LogP contribution < -0.4 is 10.1 Å². The first kappa shape index (κ1) is 24.0. The lowest BCUT2D eigenvalue weighted by Gasteiger charge is -2.31. The molecule has 0 aliphatic heterocycles. The maximum atomic E-state index is 13.1. The summed E-state index contributed by atoms with van der Waals surface area (Å²) in [6, 6.07) is 13.5. The van der Waals surface area contributed by atoms with Gasteiger partial charge in [0.1, 0.15) is 11.8 Å². The molecule has 2 rings (SSSR count). The van der Waals surface area contributed by atoms with Crippen LogP contribution in [-0.2, 0) is 16.1 Å². The lowest BCUT2D eigenvalue weighted by atomic mass is 10.1. The molecule has 0 fully saturated rings. The van der Waals surface area contributed by atoms with Gasteiger partial charge < -0.3 is 15.0 Å². The SMILES string of the molecule is CC[C@H](C)NC(=O)[C@H](CC)N(Cc1ccccc1Cl)C(=O)COc1cccc(Cl)c1. The topological polar surface area (TPSA) is 58.6 Å². The first-order valence-electron chi connectivity index (χ1n) is 10.1. The Morgan fingerprint density at radius 1 is 1.07 bits per heavy atom. The monoisotopic (exact) mass is 450 g/mol. The average Bonchev–Trinajstić information content (AvgIpc) is 2.73. The molecule has 7 heteroatoms. The third kappa shape index (κ3) is 6.92. The molecule has 30 heavy (non-hydrogen) atoms. The summed E-state index contributed by atoms with van der Waals surface area (Å²) >= 11 is 12.3. The molecule has 5 nitrogen and oxygen atoms in total. The van der Waals surface area contributed by atoms with Crippen LogP contribution in [0.15, 0.2) is 48.5 Å². The number of hydrogen-bond acceptors (Lipinski definition) is 3. The van der Waals surface area contributed by atoms with Crippen molar-refractivity contribution in [3.63, 3.8) is 0 Å². The minimum absolute atomic E-state index is 0.0199. The van der Waals surface area contributed by atoms with Crippen LogP contribution in [0.2, 0.25) is 10.0 Å². The van der Waals surface area contributed by atoms with Gasteiger partial charge in [-0.2, -0.15) is 0 Å². The number of ether oxygens (including phenoxy) is 1. The molecule has 0 aliphatic rings. The predicted octanol–water partition coefficient (Wildman–Crippen LogP) is 5.09. The van der Waals surface area contributed by atoms with Gasteiger partial charge in [-0.25, -0.2) is 0 Å². The van der Waals surface area contributed by atoms with Crippen molar-refractivity contribution in [2.45, 2.75) is 52.2 Å². The molecule has 0 bridgehead atoms. The fourth-order valence-electron chi connectivity index (χ4n) is 2.96. The maximum absolute atomic E-state index is 13.1. The Kier molecular flexibility index (Phi) is 9.47. The molecule has 0 aromatic heterocycles. The van der Waals surface area contributed by atoms with Gasteiger partial charge in [0, 0.05) is 22.6 Å². The van der Waals surface area contributed by atoms with Gasteiger partial charge >= 0.3 is 0 Å². The Morgan fingerprint density at radius 2 is 1.80 bits per heavy atom.